The summed E-state index contributed by atoms with van der Waals surface area (Å²) in [5, 5.41) is 7.85. The lowest BCUT2D eigenvalue weighted by Crippen LogP contribution is -2.43. The van der Waals surface area contributed by atoms with Gasteiger partial charge in [0.1, 0.15) is 5.82 Å². The van der Waals surface area contributed by atoms with E-state index in [0.717, 1.165) is 60.8 Å². The van der Waals surface area contributed by atoms with Gasteiger partial charge in [0.2, 0.25) is 11.9 Å². The number of benzene rings is 1. The van der Waals surface area contributed by atoms with Crippen molar-refractivity contribution in [1.29, 1.82) is 0 Å². The van der Waals surface area contributed by atoms with E-state index >= 15 is 0 Å². The van der Waals surface area contributed by atoms with Gasteiger partial charge in [-0.1, -0.05) is 36.4 Å². The predicted molar refractivity (Wildman–Crippen MR) is 123 cm³/mol. The summed E-state index contributed by atoms with van der Waals surface area (Å²) < 4.78 is 0. The molecule has 6 nitrogen and oxygen atoms in total. The Morgan fingerprint density at radius 1 is 1.10 bits per heavy atom. The number of nitrogens with one attached hydrogen (secondary N) is 2. The molecule has 1 saturated carbocycles. The fourth-order valence-electron chi connectivity index (χ4n) is 4.42. The summed E-state index contributed by atoms with van der Waals surface area (Å²) in [7, 11) is 4.01. The van der Waals surface area contributed by atoms with Gasteiger partial charge in [-0.3, -0.25) is 4.79 Å². The lowest BCUT2D eigenvalue weighted by Gasteiger charge is -2.31. The number of allylic oxidation sites excluding steroid dienone is 3. The summed E-state index contributed by atoms with van der Waals surface area (Å²) in [5.41, 5.74) is 1.99. The van der Waals surface area contributed by atoms with Crippen LogP contribution in [0, 0.1) is 5.92 Å². The normalized spacial score (nSPS) is 23.9. The van der Waals surface area contributed by atoms with Crippen LogP contribution in [0.4, 0.5) is 11.8 Å². The first-order valence-electron chi connectivity index (χ1n) is 10.8. The second kappa shape index (κ2) is 8.86. The minimum absolute atomic E-state index is 0.0359. The highest BCUT2D eigenvalue weighted by Crippen LogP contribution is 2.27. The average molecular weight is 406 g/mol. The molecule has 1 atom stereocenters. The van der Waals surface area contributed by atoms with Crippen LogP contribution in [-0.4, -0.2) is 42.1 Å². The number of rotatable bonds is 5. The van der Waals surface area contributed by atoms with Crippen molar-refractivity contribution in [2.45, 2.75) is 50.6 Å². The fourth-order valence-corrected chi connectivity index (χ4v) is 4.42. The zero-order chi connectivity index (χ0) is 21.1. The van der Waals surface area contributed by atoms with Gasteiger partial charge in [-0.25, -0.2) is 4.98 Å². The van der Waals surface area contributed by atoms with Gasteiger partial charge in [0, 0.05) is 37.5 Å². The summed E-state index contributed by atoms with van der Waals surface area (Å²) in [6.45, 7) is 3.99. The number of anilines is 2. The van der Waals surface area contributed by atoms with Gasteiger partial charge < -0.3 is 15.5 Å². The van der Waals surface area contributed by atoms with Gasteiger partial charge in [-0.2, -0.15) is 4.98 Å². The van der Waals surface area contributed by atoms with E-state index in [2.05, 4.69) is 29.4 Å². The van der Waals surface area contributed by atoms with Crippen molar-refractivity contribution < 1.29 is 4.79 Å². The summed E-state index contributed by atoms with van der Waals surface area (Å²) in [4.78, 5) is 24.1. The zero-order valence-corrected chi connectivity index (χ0v) is 17.9. The number of hydrogen-bond acceptors (Lipinski definition) is 5. The van der Waals surface area contributed by atoms with Gasteiger partial charge in [0.25, 0.3) is 0 Å². The number of fused-ring (bicyclic) bond motifs is 1. The van der Waals surface area contributed by atoms with Crippen molar-refractivity contribution in [3.05, 3.63) is 48.6 Å². The van der Waals surface area contributed by atoms with E-state index in [4.69, 9.17) is 9.97 Å². The molecule has 2 N–H and O–H groups in total. The van der Waals surface area contributed by atoms with Gasteiger partial charge >= 0.3 is 0 Å². The molecule has 1 heterocycles. The van der Waals surface area contributed by atoms with Crippen molar-refractivity contribution in [2.24, 2.45) is 5.92 Å². The summed E-state index contributed by atoms with van der Waals surface area (Å²) in [6.07, 6.45) is 9.61. The highest BCUT2D eigenvalue weighted by atomic mass is 16.1. The Kier molecular flexibility index (Phi) is 6.02. The van der Waals surface area contributed by atoms with E-state index in [1.54, 1.807) is 0 Å². The third kappa shape index (κ3) is 4.64. The van der Waals surface area contributed by atoms with Crippen LogP contribution >= 0.6 is 0 Å². The maximum atomic E-state index is 12.6. The first kappa shape index (κ1) is 20.4. The number of carbonyl (C=O) groups is 1. The number of hydrogen-bond donors (Lipinski definition) is 2. The first-order valence-corrected chi connectivity index (χ1v) is 10.8. The van der Waals surface area contributed by atoms with Gasteiger partial charge in [0.15, 0.2) is 0 Å². The molecule has 0 saturated heterocycles. The van der Waals surface area contributed by atoms with Crippen LogP contribution in [0.5, 0.6) is 0 Å². The third-order valence-corrected chi connectivity index (χ3v) is 6.07. The van der Waals surface area contributed by atoms with E-state index in [1.165, 1.54) is 0 Å². The summed E-state index contributed by atoms with van der Waals surface area (Å²) in [6, 6.07) is 8.68. The lowest BCUT2D eigenvalue weighted by atomic mass is 9.88. The standard InChI is InChI=1S/C24H31N5O/c1-16-7-6-8-17(15-16)23(30)25-18-11-13-19(14-12-18)26-24-27-21-10-5-4-9-20(21)22(28-24)29(2)3/h4-7,9-10,17-19H,1,8,11-15H2,2-3H3,(H,25,30)(H,26,27,28). The van der Waals surface area contributed by atoms with Crippen molar-refractivity contribution in [3.8, 4) is 0 Å². The maximum Gasteiger partial charge on any atom is 0.225 e. The Hall–Kier alpha value is -2.89. The molecule has 1 amide bonds. The molecule has 4 rings (SSSR count). The minimum atomic E-state index is 0.0359. The lowest BCUT2D eigenvalue weighted by molar-refractivity contribution is -0.125. The number of nitrogens with zero attached hydrogens (tertiary/aromatic N) is 3. The molecule has 1 aromatic carbocycles. The topological polar surface area (TPSA) is 70.2 Å². The highest BCUT2D eigenvalue weighted by molar-refractivity contribution is 5.90. The summed E-state index contributed by atoms with van der Waals surface area (Å²) in [5.74, 6) is 1.81. The van der Waals surface area contributed by atoms with E-state index < -0.39 is 0 Å². The van der Waals surface area contributed by atoms with Crippen LogP contribution in [0.2, 0.25) is 0 Å². The van der Waals surface area contributed by atoms with Crippen LogP contribution in [0.3, 0.4) is 0 Å². The fraction of sp³-hybridized carbons (Fsp3) is 0.458. The number of aromatic nitrogens is 2. The average Bonchev–Trinajstić information content (AvgIpc) is 2.74. The van der Waals surface area contributed by atoms with Gasteiger partial charge in [0.05, 0.1) is 5.52 Å². The number of carbonyl (C=O) groups excluding carboxylic acids is 1. The molecule has 0 bridgehead atoms. The zero-order valence-electron chi connectivity index (χ0n) is 17.9. The molecule has 158 valence electrons. The summed E-state index contributed by atoms with van der Waals surface area (Å²) >= 11 is 0. The Morgan fingerprint density at radius 2 is 1.83 bits per heavy atom. The molecular weight excluding hydrogens is 374 g/mol. The molecule has 6 heteroatoms. The van der Waals surface area contributed by atoms with Crippen LogP contribution < -0.4 is 15.5 Å². The van der Waals surface area contributed by atoms with Crippen LogP contribution in [0.25, 0.3) is 10.9 Å². The van der Waals surface area contributed by atoms with Crippen molar-refractivity contribution >= 4 is 28.6 Å². The van der Waals surface area contributed by atoms with Crippen molar-refractivity contribution in [3.63, 3.8) is 0 Å². The molecule has 0 spiro atoms. The largest absolute Gasteiger partial charge is 0.362 e. The molecule has 2 aromatic rings. The van der Waals surface area contributed by atoms with E-state index in [0.29, 0.717) is 12.0 Å². The number of amides is 1. The molecule has 0 aliphatic heterocycles. The molecule has 1 fully saturated rings. The Balaban J connectivity index is 1.34. The van der Waals surface area contributed by atoms with E-state index in [-0.39, 0.29) is 17.9 Å². The van der Waals surface area contributed by atoms with Crippen molar-refractivity contribution in [2.75, 3.05) is 24.3 Å². The SMILES string of the molecule is C=C1C=CCC(C(=O)NC2CCC(Nc3nc(N(C)C)c4ccccc4n3)CC2)C1. The Bertz CT molecular complexity index is 959. The van der Waals surface area contributed by atoms with Crippen LogP contribution in [-0.2, 0) is 4.79 Å². The molecule has 2 aliphatic rings. The van der Waals surface area contributed by atoms with Gasteiger partial charge in [-0.05, 0) is 50.7 Å². The van der Waals surface area contributed by atoms with Crippen molar-refractivity contribution in [1.82, 2.24) is 15.3 Å². The maximum absolute atomic E-state index is 12.6. The quantitative estimate of drug-likeness (QED) is 0.785. The van der Waals surface area contributed by atoms with E-state index in [9.17, 15) is 4.79 Å². The molecule has 0 radical (unpaired) electrons. The second-order valence-corrected chi connectivity index (χ2v) is 8.68. The van der Waals surface area contributed by atoms with Gasteiger partial charge in [-0.15, -0.1) is 0 Å². The Morgan fingerprint density at radius 3 is 2.57 bits per heavy atom. The number of para-hydroxylation sites is 1. The van der Waals surface area contributed by atoms with Crippen LogP contribution in [0.15, 0.2) is 48.6 Å². The predicted octanol–water partition coefficient (Wildman–Crippen LogP) is 4.06. The molecule has 1 aromatic heterocycles. The molecular formula is C24H31N5O. The molecule has 2 aliphatic carbocycles. The van der Waals surface area contributed by atoms with Crippen LogP contribution in [0.1, 0.15) is 38.5 Å². The smallest absolute Gasteiger partial charge is 0.225 e. The first-order chi connectivity index (χ1) is 14.5. The molecule has 30 heavy (non-hydrogen) atoms. The van der Waals surface area contributed by atoms with E-state index in [1.807, 2.05) is 43.3 Å². The third-order valence-electron chi connectivity index (χ3n) is 6.07. The molecule has 1 unspecified atom stereocenters. The monoisotopic (exact) mass is 405 g/mol. The Labute approximate surface area is 178 Å². The minimum Gasteiger partial charge on any atom is -0.362 e. The highest BCUT2D eigenvalue weighted by Gasteiger charge is 2.26. The second-order valence-electron chi connectivity index (χ2n) is 8.68.